The molecule has 1 aromatic carbocycles. The third-order valence-corrected chi connectivity index (χ3v) is 4.13. The van der Waals surface area contributed by atoms with Crippen molar-refractivity contribution in [1.82, 2.24) is 9.97 Å². The Morgan fingerprint density at radius 3 is 2.71 bits per heavy atom. The van der Waals surface area contributed by atoms with Crippen molar-refractivity contribution >= 4 is 34.9 Å². The van der Waals surface area contributed by atoms with Crippen LogP contribution in [0.4, 0.5) is 24.5 Å². The molecule has 2 heterocycles. The average molecular weight is 449 g/mol. The summed E-state index contributed by atoms with van der Waals surface area (Å²) >= 11 is 6.24. The number of benzene rings is 1. The molecule has 2 aromatic heterocycles. The van der Waals surface area contributed by atoms with Gasteiger partial charge in [0.2, 0.25) is 0 Å². The zero-order valence-electron chi connectivity index (χ0n) is 15.8. The molecule has 0 unspecified atom stereocenters. The van der Waals surface area contributed by atoms with Gasteiger partial charge in [0, 0.05) is 18.1 Å². The molecule has 3 N–H and O–H groups in total. The van der Waals surface area contributed by atoms with E-state index in [0.29, 0.717) is 27.9 Å². The summed E-state index contributed by atoms with van der Waals surface area (Å²) in [5.41, 5.74) is 0.0302. The Hall–Kier alpha value is -3.66. The molecule has 0 spiro atoms. The molecule has 0 bridgehead atoms. The maximum absolute atomic E-state index is 12.7. The number of nitrogens with one attached hydrogen (secondary N) is 1. The summed E-state index contributed by atoms with van der Waals surface area (Å²) in [4.78, 5) is 11.5. The van der Waals surface area contributed by atoms with Gasteiger partial charge in [0.05, 0.1) is 35.4 Å². The molecule has 0 saturated carbocycles. The molecular weight excluding hydrogens is 433 g/mol. The van der Waals surface area contributed by atoms with E-state index in [-0.39, 0.29) is 12.2 Å². The van der Waals surface area contributed by atoms with E-state index in [1.54, 1.807) is 42.7 Å². The summed E-state index contributed by atoms with van der Waals surface area (Å²) in [5, 5.41) is 6.72. The predicted octanol–water partition coefficient (Wildman–Crippen LogP) is 5.07. The van der Waals surface area contributed by atoms with E-state index in [0.717, 1.165) is 12.3 Å². The Bertz CT molecular complexity index is 1090. The maximum Gasteiger partial charge on any atom is 0.433 e. The number of anilines is 1. The van der Waals surface area contributed by atoms with E-state index in [4.69, 9.17) is 22.2 Å². The molecule has 160 valence electrons. The number of nitrogens with zero attached hydrogens (tertiary/aromatic N) is 4. The first-order valence-electron chi connectivity index (χ1n) is 8.80. The van der Waals surface area contributed by atoms with Crippen molar-refractivity contribution in [1.29, 1.82) is 0 Å². The van der Waals surface area contributed by atoms with Gasteiger partial charge in [-0.15, -0.1) is 0 Å². The summed E-state index contributed by atoms with van der Waals surface area (Å²) in [5.74, 6) is 6.32. The topological polar surface area (TPSA) is 97.8 Å². The number of aromatic nitrogens is 2. The van der Waals surface area contributed by atoms with Gasteiger partial charge in [0.15, 0.2) is 0 Å². The number of hydrazone groups is 1. The molecule has 0 aliphatic carbocycles. The van der Waals surface area contributed by atoms with Crippen molar-refractivity contribution in [2.24, 2.45) is 15.9 Å². The first-order valence-corrected chi connectivity index (χ1v) is 9.18. The number of ether oxygens (including phenoxy) is 1. The van der Waals surface area contributed by atoms with Gasteiger partial charge in [-0.2, -0.15) is 18.3 Å². The van der Waals surface area contributed by atoms with Gasteiger partial charge in [0.1, 0.15) is 17.2 Å². The first-order chi connectivity index (χ1) is 14.8. The van der Waals surface area contributed by atoms with E-state index in [1.807, 2.05) is 0 Å². The second-order valence-corrected chi connectivity index (χ2v) is 6.47. The highest BCUT2D eigenvalue weighted by Gasteiger charge is 2.32. The molecule has 0 aliphatic rings. The number of hydrogen-bond donors (Lipinski definition) is 2. The lowest BCUT2D eigenvalue weighted by Gasteiger charge is -2.09. The quantitative estimate of drug-likeness (QED) is 0.299. The van der Waals surface area contributed by atoms with Crippen LogP contribution in [0.25, 0.3) is 0 Å². The molecule has 0 saturated heterocycles. The molecule has 11 heteroatoms. The lowest BCUT2D eigenvalue weighted by Crippen LogP contribution is -2.17. The molecule has 0 radical (unpaired) electrons. The number of rotatable bonds is 7. The minimum Gasteiger partial charge on any atom is -0.454 e. The Morgan fingerprint density at radius 2 is 2.03 bits per heavy atom. The minimum absolute atomic E-state index is 0.0528. The average Bonchev–Trinajstić information content (AvgIpc) is 2.76. The summed E-state index contributed by atoms with van der Waals surface area (Å²) < 4.78 is 43.9. The fourth-order valence-corrected chi connectivity index (χ4v) is 2.56. The molecular formula is C20H16ClF3N6O. The Morgan fingerprint density at radius 1 is 1.19 bits per heavy atom. The number of nitrogens with two attached hydrogens (primary N) is 1. The van der Waals surface area contributed by atoms with Crippen molar-refractivity contribution in [3.63, 3.8) is 0 Å². The lowest BCUT2D eigenvalue weighted by atomic mass is 10.3. The van der Waals surface area contributed by atoms with Gasteiger partial charge >= 0.3 is 6.18 Å². The SMILES string of the molecule is NN=C(C=Nc1ccc(Oc2cccnc2)c(Cl)c1)CNc1ccnc(C(F)(F)F)c1. The van der Waals surface area contributed by atoms with E-state index in [1.165, 1.54) is 12.3 Å². The summed E-state index contributed by atoms with van der Waals surface area (Å²) in [6, 6.07) is 10.7. The van der Waals surface area contributed by atoms with Crippen LogP contribution in [0, 0.1) is 0 Å². The molecule has 3 rings (SSSR count). The van der Waals surface area contributed by atoms with E-state index >= 15 is 0 Å². The zero-order chi connectivity index (χ0) is 22.3. The van der Waals surface area contributed by atoms with E-state index < -0.39 is 11.9 Å². The number of alkyl halides is 3. The zero-order valence-corrected chi connectivity index (χ0v) is 16.6. The van der Waals surface area contributed by atoms with Gasteiger partial charge in [-0.05, 0) is 42.5 Å². The second kappa shape index (κ2) is 9.90. The normalized spacial score (nSPS) is 12.2. The first kappa shape index (κ1) is 22.0. The molecule has 0 aliphatic heterocycles. The fourth-order valence-electron chi connectivity index (χ4n) is 2.35. The van der Waals surface area contributed by atoms with Crippen LogP contribution in [0.5, 0.6) is 11.5 Å². The van der Waals surface area contributed by atoms with E-state index in [2.05, 4.69) is 25.4 Å². The standard InChI is InChI=1S/C20H16ClF3N6O/c21-17-8-13(3-4-18(17)31-16-2-1-6-26-12-16)28-10-15(30-25)11-29-14-5-7-27-19(9-14)20(22,23)24/h1-10,12H,11,25H2,(H,27,29). The lowest BCUT2D eigenvalue weighted by molar-refractivity contribution is -0.141. The Kier molecular flexibility index (Phi) is 7.03. The predicted molar refractivity (Wildman–Crippen MR) is 113 cm³/mol. The highest BCUT2D eigenvalue weighted by molar-refractivity contribution is 6.33. The third-order valence-electron chi connectivity index (χ3n) is 3.83. The van der Waals surface area contributed by atoms with E-state index in [9.17, 15) is 13.2 Å². The fraction of sp³-hybridized carbons (Fsp3) is 0.100. The minimum atomic E-state index is -4.53. The molecule has 0 atom stereocenters. The van der Waals surface area contributed by atoms with Crippen LogP contribution in [-0.4, -0.2) is 28.4 Å². The summed E-state index contributed by atoms with van der Waals surface area (Å²) in [6.45, 7) is 0.0528. The van der Waals surface area contributed by atoms with Crippen LogP contribution in [-0.2, 0) is 6.18 Å². The van der Waals surface area contributed by atoms with Crippen LogP contribution >= 0.6 is 11.6 Å². The number of halogens is 4. The summed E-state index contributed by atoms with van der Waals surface area (Å²) in [6.07, 6.45) is 1.10. The highest BCUT2D eigenvalue weighted by atomic mass is 35.5. The van der Waals surface area contributed by atoms with Crippen LogP contribution in [0.3, 0.4) is 0 Å². The Labute approximate surface area is 180 Å². The summed E-state index contributed by atoms with van der Waals surface area (Å²) in [7, 11) is 0. The van der Waals surface area contributed by atoms with Gasteiger partial charge in [0.25, 0.3) is 0 Å². The van der Waals surface area contributed by atoms with Crippen molar-refractivity contribution in [3.8, 4) is 11.5 Å². The molecule has 0 amide bonds. The van der Waals surface area contributed by atoms with Crippen LogP contribution in [0.1, 0.15) is 5.69 Å². The largest absolute Gasteiger partial charge is 0.454 e. The van der Waals surface area contributed by atoms with Crippen molar-refractivity contribution in [3.05, 3.63) is 71.8 Å². The van der Waals surface area contributed by atoms with Crippen molar-refractivity contribution < 1.29 is 17.9 Å². The molecule has 31 heavy (non-hydrogen) atoms. The molecule has 3 aromatic rings. The van der Waals surface area contributed by atoms with Gasteiger partial charge in [-0.25, -0.2) is 0 Å². The number of hydrogen-bond acceptors (Lipinski definition) is 7. The van der Waals surface area contributed by atoms with Crippen molar-refractivity contribution in [2.45, 2.75) is 6.18 Å². The molecule has 7 nitrogen and oxygen atoms in total. The number of pyridine rings is 2. The van der Waals surface area contributed by atoms with Gasteiger partial charge in [-0.1, -0.05) is 11.6 Å². The van der Waals surface area contributed by atoms with Gasteiger partial charge in [-0.3, -0.25) is 15.0 Å². The molecule has 0 fully saturated rings. The van der Waals surface area contributed by atoms with Gasteiger partial charge < -0.3 is 15.9 Å². The monoisotopic (exact) mass is 448 g/mol. The van der Waals surface area contributed by atoms with Crippen LogP contribution in [0.2, 0.25) is 5.02 Å². The van der Waals surface area contributed by atoms with Crippen molar-refractivity contribution in [2.75, 3.05) is 11.9 Å². The highest BCUT2D eigenvalue weighted by Crippen LogP contribution is 2.32. The van der Waals surface area contributed by atoms with Crippen LogP contribution in [0.15, 0.2) is 71.1 Å². The maximum atomic E-state index is 12.7. The smallest absolute Gasteiger partial charge is 0.433 e. The third kappa shape index (κ3) is 6.41. The van der Waals surface area contributed by atoms with Crippen LogP contribution < -0.4 is 15.9 Å². The second-order valence-electron chi connectivity index (χ2n) is 6.07. The number of aliphatic imine (C=N–C) groups is 1. The Balaban J connectivity index is 1.63.